The normalized spacial score (nSPS) is 17.0. The lowest BCUT2D eigenvalue weighted by atomic mass is 9.96. The van der Waals surface area contributed by atoms with E-state index in [9.17, 15) is 9.59 Å². The van der Waals surface area contributed by atoms with Crippen LogP contribution < -0.4 is 0 Å². The van der Waals surface area contributed by atoms with E-state index in [1.807, 2.05) is 25.7 Å². The molecule has 104 valence electrons. The van der Waals surface area contributed by atoms with Gasteiger partial charge in [-0.3, -0.25) is 9.59 Å². The fraction of sp³-hybridized carbons (Fsp3) is 0.857. The zero-order valence-electron chi connectivity index (χ0n) is 11.8. The van der Waals surface area contributed by atoms with Crippen molar-refractivity contribution in [3.8, 4) is 0 Å². The highest BCUT2D eigenvalue weighted by Gasteiger charge is 2.28. The lowest BCUT2D eigenvalue weighted by Crippen LogP contribution is -2.41. The molecule has 0 N–H and O–H groups in total. The van der Waals surface area contributed by atoms with Crippen LogP contribution in [0.1, 0.15) is 46.5 Å². The fourth-order valence-corrected chi connectivity index (χ4v) is 2.16. The molecule has 0 radical (unpaired) electrons. The van der Waals surface area contributed by atoms with Gasteiger partial charge in [0.2, 0.25) is 5.91 Å². The van der Waals surface area contributed by atoms with Gasteiger partial charge in [0.15, 0.2) is 0 Å². The molecule has 1 rings (SSSR count). The van der Waals surface area contributed by atoms with Crippen LogP contribution >= 0.6 is 0 Å². The van der Waals surface area contributed by atoms with Crippen LogP contribution in [-0.4, -0.2) is 36.5 Å². The summed E-state index contributed by atoms with van der Waals surface area (Å²) in [5.74, 6) is 0.502. The number of nitrogens with zero attached hydrogens (tertiary/aromatic N) is 1. The van der Waals surface area contributed by atoms with Gasteiger partial charge in [-0.25, -0.2) is 0 Å². The SMILES string of the molecule is CCCOC(=O)C1CCN(C(=O)CC(C)C)CC1. The lowest BCUT2D eigenvalue weighted by Gasteiger charge is -2.31. The number of hydrogen-bond acceptors (Lipinski definition) is 3. The summed E-state index contributed by atoms with van der Waals surface area (Å²) in [6.45, 7) is 7.97. The molecule has 18 heavy (non-hydrogen) atoms. The summed E-state index contributed by atoms with van der Waals surface area (Å²) < 4.78 is 5.15. The molecule has 1 heterocycles. The van der Waals surface area contributed by atoms with Crippen molar-refractivity contribution in [2.24, 2.45) is 11.8 Å². The van der Waals surface area contributed by atoms with Crippen molar-refractivity contribution < 1.29 is 14.3 Å². The van der Waals surface area contributed by atoms with Crippen molar-refractivity contribution in [3.63, 3.8) is 0 Å². The molecule has 4 nitrogen and oxygen atoms in total. The third-order valence-corrected chi connectivity index (χ3v) is 3.21. The maximum Gasteiger partial charge on any atom is 0.309 e. The number of ether oxygens (including phenoxy) is 1. The number of piperidine rings is 1. The Balaban J connectivity index is 2.32. The second kappa shape index (κ2) is 7.39. The second-order valence-electron chi connectivity index (χ2n) is 5.42. The van der Waals surface area contributed by atoms with E-state index in [1.54, 1.807) is 0 Å². The summed E-state index contributed by atoms with van der Waals surface area (Å²) in [6.07, 6.45) is 2.95. The van der Waals surface area contributed by atoms with Crippen molar-refractivity contribution in [1.82, 2.24) is 4.90 Å². The minimum Gasteiger partial charge on any atom is -0.465 e. The van der Waals surface area contributed by atoms with Gasteiger partial charge in [-0.2, -0.15) is 0 Å². The summed E-state index contributed by atoms with van der Waals surface area (Å²) in [6, 6.07) is 0. The molecule has 0 atom stereocenters. The molecule has 0 aromatic rings. The first-order valence-corrected chi connectivity index (χ1v) is 6.99. The van der Waals surface area contributed by atoms with E-state index in [-0.39, 0.29) is 17.8 Å². The van der Waals surface area contributed by atoms with Crippen LogP contribution in [0.3, 0.4) is 0 Å². The molecule has 0 spiro atoms. The van der Waals surface area contributed by atoms with E-state index < -0.39 is 0 Å². The zero-order chi connectivity index (χ0) is 13.5. The number of likely N-dealkylation sites (tertiary alicyclic amines) is 1. The van der Waals surface area contributed by atoms with Gasteiger partial charge in [0.05, 0.1) is 12.5 Å². The highest BCUT2D eigenvalue weighted by atomic mass is 16.5. The molecule has 0 aliphatic carbocycles. The van der Waals surface area contributed by atoms with Crippen molar-refractivity contribution in [2.45, 2.75) is 46.5 Å². The van der Waals surface area contributed by atoms with Crippen LogP contribution in [0.5, 0.6) is 0 Å². The van der Waals surface area contributed by atoms with E-state index >= 15 is 0 Å². The van der Waals surface area contributed by atoms with E-state index in [1.165, 1.54) is 0 Å². The summed E-state index contributed by atoms with van der Waals surface area (Å²) in [4.78, 5) is 25.4. The van der Waals surface area contributed by atoms with Crippen molar-refractivity contribution in [3.05, 3.63) is 0 Å². The van der Waals surface area contributed by atoms with Gasteiger partial charge < -0.3 is 9.64 Å². The number of amides is 1. The minimum atomic E-state index is -0.0900. The fourth-order valence-electron chi connectivity index (χ4n) is 2.16. The summed E-state index contributed by atoms with van der Waals surface area (Å²) >= 11 is 0. The number of esters is 1. The molecule has 0 aromatic carbocycles. The first-order chi connectivity index (χ1) is 8.54. The molecule has 0 saturated carbocycles. The first kappa shape index (κ1) is 15.0. The van der Waals surface area contributed by atoms with Crippen LogP contribution in [0.25, 0.3) is 0 Å². The topological polar surface area (TPSA) is 46.6 Å². The summed E-state index contributed by atoms with van der Waals surface area (Å²) in [7, 11) is 0. The predicted octanol–water partition coefficient (Wildman–Crippen LogP) is 2.22. The van der Waals surface area contributed by atoms with Gasteiger partial charge in [0.25, 0.3) is 0 Å². The van der Waals surface area contributed by atoms with E-state index in [4.69, 9.17) is 4.74 Å². The molecule has 0 bridgehead atoms. The third kappa shape index (κ3) is 4.67. The molecule has 1 aliphatic heterocycles. The van der Waals surface area contributed by atoms with Crippen molar-refractivity contribution in [1.29, 1.82) is 0 Å². The molecule has 1 saturated heterocycles. The Morgan fingerprint density at radius 1 is 1.28 bits per heavy atom. The average molecular weight is 255 g/mol. The van der Waals surface area contributed by atoms with Crippen LogP contribution in [0.4, 0.5) is 0 Å². The predicted molar refractivity (Wildman–Crippen MR) is 70.0 cm³/mol. The van der Waals surface area contributed by atoms with Crippen LogP contribution in [0, 0.1) is 11.8 Å². The van der Waals surface area contributed by atoms with Crippen LogP contribution in [-0.2, 0) is 14.3 Å². The third-order valence-electron chi connectivity index (χ3n) is 3.21. The summed E-state index contributed by atoms with van der Waals surface area (Å²) in [5, 5.41) is 0. The van der Waals surface area contributed by atoms with Crippen LogP contribution in [0.2, 0.25) is 0 Å². The Hall–Kier alpha value is -1.06. The summed E-state index contributed by atoms with van der Waals surface area (Å²) in [5.41, 5.74) is 0. The highest BCUT2D eigenvalue weighted by Crippen LogP contribution is 2.20. The highest BCUT2D eigenvalue weighted by molar-refractivity contribution is 5.77. The molecular weight excluding hydrogens is 230 g/mol. The largest absolute Gasteiger partial charge is 0.465 e. The van der Waals surface area contributed by atoms with E-state index in [0.29, 0.717) is 32.0 Å². The maximum absolute atomic E-state index is 11.9. The Morgan fingerprint density at radius 3 is 2.39 bits per heavy atom. The van der Waals surface area contributed by atoms with Gasteiger partial charge in [-0.05, 0) is 25.2 Å². The first-order valence-electron chi connectivity index (χ1n) is 6.99. The average Bonchev–Trinajstić information content (AvgIpc) is 2.35. The molecular formula is C14H25NO3. The number of carbonyl (C=O) groups excluding carboxylic acids is 2. The number of rotatable bonds is 5. The number of carbonyl (C=O) groups is 2. The number of hydrogen-bond donors (Lipinski definition) is 0. The van der Waals surface area contributed by atoms with E-state index in [0.717, 1.165) is 19.3 Å². The standard InChI is InChI=1S/C14H25NO3/c1-4-9-18-14(17)12-5-7-15(8-6-12)13(16)10-11(2)3/h11-12H,4-10H2,1-3H3. The molecule has 4 heteroatoms. The lowest BCUT2D eigenvalue weighted by molar-refractivity contribution is -0.151. The Morgan fingerprint density at radius 2 is 1.89 bits per heavy atom. The minimum absolute atomic E-state index is 0.0142. The zero-order valence-corrected chi connectivity index (χ0v) is 11.8. The van der Waals surface area contributed by atoms with E-state index in [2.05, 4.69) is 0 Å². The maximum atomic E-state index is 11.9. The quantitative estimate of drug-likeness (QED) is 0.708. The smallest absolute Gasteiger partial charge is 0.309 e. The monoisotopic (exact) mass is 255 g/mol. The van der Waals surface area contributed by atoms with Crippen LogP contribution in [0.15, 0.2) is 0 Å². The Bertz CT molecular complexity index is 281. The van der Waals surface area contributed by atoms with Gasteiger partial charge in [-0.1, -0.05) is 20.8 Å². The van der Waals surface area contributed by atoms with Crippen molar-refractivity contribution >= 4 is 11.9 Å². The molecule has 0 unspecified atom stereocenters. The molecule has 0 aromatic heterocycles. The Labute approximate surface area is 110 Å². The molecule has 1 aliphatic rings. The van der Waals surface area contributed by atoms with Crippen molar-refractivity contribution in [2.75, 3.05) is 19.7 Å². The van der Waals surface area contributed by atoms with Gasteiger partial charge in [0, 0.05) is 19.5 Å². The second-order valence-corrected chi connectivity index (χ2v) is 5.42. The molecule has 1 fully saturated rings. The molecule has 1 amide bonds. The van der Waals surface area contributed by atoms with Gasteiger partial charge in [-0.15, -0.1) is 0 Å². The van der Waals surface area contributed by atoms with Gasteiger partial charge >= 0.3 is 5.97 Å². The van der Waals surface area contributed by atoms with Gasteiger partial charge in [0.1, 0.15) is 0 Å². The Kier molecular flexibility index (Phi) is 6.16.